The molecule has 0 fully saturated rings. The SMILES string of the molecule is C.C.C.C.C.CCCO.CCCOC. The Morgan fingerprint density at radius 3 is 1.14 bits per heavy atom. The zero-order valence-corrected chi connectivity index (χ0v) is 6.68. The zero-order chi connectivity index (χ0) is 7.54. The molecule has 0 atom stereocenters. The van der Waals surface area contributed by atoms with Gasteiger partial charge in [-0.15, -0.1) is 0 Å². The summed E-state index contributed by atoms with van der Waals surface area (Å²) < 4.78 is 4.69. The quantitative estimate of drug-likeness (QED) is 0.743. The molecule has 0 aromatic carbocycles. The van der Waals surface area contributed by atoms with Gasteiger partial charge >= 0.3 is 0 Å². The van der Waals surface area contributed by atoms with Crippen LogP contribution in [0.25, 0.3) is 0 Å². The van der Waals surface area contributed by atoms with Gasteiger partial charge < -0.3 is 9.84 Å². The van der Waals surface area contributed by atoms with E-state index >= 15 is 0 Å². The van der Waals surface area contributed by atoms with Crippen LogP contribution in [0.15, 0.2) is 0 Å². The Bertz CT molecular complexity index is 27.5. The van der Waals surface area contributed by atoms with Crippen molar-refractivity contribution in [2.45, 2.75) is 63.8 Å². The van der Waals surface area contributed by atoms with Crippen LogP contribution in [0.2, 0.25) is 0 Å². The van der Waals surface area contributed by atoms with Crippen molar-refractivity contribution >= 4 is 0 Å². The Kier molecular flexibility index (Phi) is 263. The topological polar surface area (TPSA) is 29.5 Å². The lowest BCUT2D eigenvalue weighted by atomic mass is 10.5. The van der Waals surface area contributed by atoms with Crippen molar-refractivity contribution in [1.82, 2.24) is 0 Å². The number of ether oxygens (including phenoxy) is 1. The molecular weight excluding hydrogens is 176 g/mol. The maximum absolute atomic E-state index is 7.88. The maximum atomic E-state index is 7.88. The molecule has 2 nitrogen and oxygen atoms in total. The molecule has 0 aliphatic rings. The first-order valence-electron chi connectivity index (χ1n) is 3.43. The molecule has 0 aromatic rings. The molecule has 0 heterocycles. The predicted molar refractivity (Wildman–Crippen MR) is 73.2 cm³/mol. The van der Waals surface area contributed by atoms with Crippen LogP contribution in [-0.2, 0) is 4.74 Å². The molecule has 0 saturated carbocycles. The average molecular weight is 214 g/mol. The van der Waals surface area contributed by atoms with Gasteiger partial charge in [0, 0.05) is 20.3 Å². The summed E-state index contributed by atoms with van der Waals surface area (Å²) in [6.45, 7) is 5.23. The summed E-state index contributed by atoms with van der Waals surface area (Å²) in [4.78, 5) is 0. The van der Waals surface area contributed by atoms with Crippen molar-refractivity contribution in [3.05, 3.63) is 0 Å². The fourth-order valence-electron chi connectivity index (χ4n) is 0.204. The first kappa shape index (κ1) is 48.5. The maximum Gasteiger partial charge on any atom is 0.0459 e. The van der Waals surface area contributed by atoms with E-state index in [2.05, 4.69) is 6.92 Å². The number of methoxy groups -OCH3 is 1. The van der Waals surface area contributed by atoms with Crippen LogP contribution in [0.1, 0.15) is 63.8 Å². The largest absolute Gasteiger partial charge is 0.396 e. The van der Waals surface area contributed by atoms with Crippen molar-refractivity contribution < 1.29 is 9.84 Å². The molecule has 0 aliphatic carbocycles. The van der Waals surface area contributed by atoms with Gasteiger partial charge in [-0.05, 0) is 12.8 Å². The summed E-state index contributed by atoms with van der Waals surface area (Å²) in [5.74, 6) is 0. The fraction of sp³-hybridized carbons (Fsp3) is 1.00. The highest BCUT2D eigenvalue weighted by atomic mass is 16.5. The van der Waals surface area contributed by atoms with E-state index in [4.69, 9.17) is 9.84 Å². The lowest BCUT2D eigenvalue weighted by molar-refractivity contribution is 0.199. The normalized spacial score (nSPS) is 5.14. The minimum atomic E-state index is 0. The first-order chi connectivity index (χ1) is 4.33. The molecule has 0 amide bonds. The second-order valence-electron chi connectivity index (χ2n) is 1.72. The second-order valence-corrected chi connectivity index (χ2v) is 1.72. The Hall–Kier alpha value is -0.0800. The number of aliphatic hydroxyl groups excluding tert-OH is 1. The molecule has 1 N–H and O–H groups in total. The Morgan fingerprint density at radius 2 is 1.14 bits per heavy atom. The molecule has 0 rings (SSSR count). The summed E-state index contributed by atoms with van der Waals surface area (Å²) in [5, 5.41) is 7.88. The predicted octanol–water partition coefficient (Wildman–Crippen LogP) is 4.61. The van der Waals surface area contributed by atoms with Crippen molar-refractivity contribution in [2.75, 3.05) is 20.3 Å². The van der Waals surface area contributed by atoms with Crippen molar-refractivity contribution in [3.8, 4) is 0 Å². The van der Waals surface area contributed by atoms with Crippen LogP contribution in [-0.4, -0.2) is 25.4 Å². The molecule has 98 valence electrons. The monoisotopic (exact) mass is 214 g/mol. The third kappa shape index (κ3) is 167. The van der Waals surface area contributed by atoms with Crippen LogP contribution >= 0.6 is 0 Å². The van der Waals surface area contributed by atoms with Crippen LogP contribution in [0.3, 0.4) is 0 Å². The number of hydrogen-bond acceptors (Lipinski definition) is 2. The van der Waals surface area contributed by atoms with E-state index in [9.17, 15) is 0 Å². The highest BCUT2D eigenvalue weighted by molar-refractivity contribution is 4.15. The third-order valence-corrected chi connectivity index (χ3v) is 0.632. The van der Waals surface area contributed by atoms with E-state index in [0.717, 1.165) is 19.4 Å². The standard InChI is InChI=1S/C4H10O.C3H8O.5CH4/c1-3-4-5-2;1-2-3-4;;;;;/h3-4H2,1-2H3;4H,2-3H2,1H3;5*1H4. The fourth-order valence-corrected chi connectivity index (χ4v) is 0.204. The van der Waals surface area contributed by atoms with Gasteiger partial charge in [0.25, 0.3) is 0 Å². The van der Waals surface area contributed by atoms with Gasteiger partial charge in [-0.3, -0.25) is 0 Å². The molecule has 2 heteroatoms. The summed E-state index contributed by atoms with van der Waals surface area (Å²) in [6, 6.07) is 0. The average Bonchev–Trinajstić information content (AvgIpc) is 1.91. The Labute approximate surface area is 94.7 Å². The summed E-state index contributed by atoms with van der Waals surface area (Å²) in [5.41, 5.74) is 0. The van der Waals surface area contributed by atoms with Gasteiger partial charge in [0.1, 0.15) is 0 Å². The Balaban J connectivity index is -0.0000000104. The third-order valence-electron chi connectivity index (χ3n) is 0.632. The zero-order valence-electron chi connectivity index (χ0n) is 6.68. The number of hydrogen-bond donors (Lipinski definition) is 1. The number of rotatable bonds is 3. The van der Waals surface area contributed by atoms with E-state index in [0.29, 0.717) is 6.61 Å². The molecule has 0 aliphatic heterocycles. The number of aliphatic hydroxyl groups is 1. The molecule has 0 bridgehead atoms. The second kappa shape index (κ2) is 75.8. The minimum absolute atomic E-state index is 0. The molecule has 0 radical (unpaired) electrons. The van der Waals surface area contributed by atoms with Crippen LogP contribution in [0.5, 0.6) is 0 Å². The highest BCUT2D eigenvalue weighted by Crippen LogP contribution is 1.70. The van der Waals surface area contributed by atoms with Crippen molar-refractivity contribution in [2.24, 2.45) is 0 Å². The summed E-state index contributed by atoms with van der Waals surface area (Å²) in [7, 11) is 1.71. The van der Waals surface area contributed by atoms with Crippen molar-refractivity contribution in [3.63, 3.8) is 0 Å². The van der Waals surface area contributed by atoms with Gasteiger partial charge in [0.2, 0.25) is 0 Å². The van der Waals surface area contributed by atoms with E-state index in [1.54, 1.807) is 7.11 Å². The van der Waals surface area contributed by atoms with Gasteiger partial charge in [0.15, 0.2) is 0 Å². The molecule has 0 saturated heterocycles. The van der Waals surface area contributed by atoms with E-state index in [1.165, 1.54) is 0 Å². The van der Waals surface area contributed by atoms with Crippen molar-refractivity contribution in [1.29, 1.82) is 0 Å². The highest BCUT2D eigenvalue weighted by Gasteiger charge is 1.66. The van der Waals surface area contributed by atoms with E-state index < -0.39 is 0 Å². The van der Waals surface area contributed by atoms with E-state index in [1.807, 2.05) is 6.92 Å². The minimum Gasteiger partial charge on any atom is -0.396 e. The van der Waals surface area contributed by atoms with Crippen LogP contribution in [0, 0.1) is 0 Å². The first-order valence-corrected chi connectivity index (χ1v) is 3.43. The molecule has 0 aromatic heterocycles. The van der Waals surface area contributed by atoms with Gasteiger partial charge in [0.05, 0.1) is 0 Å². The molecule has 0 spiro atoms. The van der Waals surface area contributed by atoms with Gasteiger partial charge in [-0.1, -0.05) is 51.0 Å². The smallest absolute Gasteiger partial charge is 0.0459 e. The van der Waals surface area contributed by atoms with Crippen LogP contribution in [0.4, 0.5) is 0 Å². The van der Waals surface area contributed by atoms with Gasteiger partial charge in [-0.25, -0.2) is 0 Å². The van der Waals surface area contributed by atoms with Gasteiger partial charge in [-0.2, -0.15) is 0 Å². The lowest BCUT2D eigenvalue weighted by Gasteiger charge is -1.84. The molecule has 14 heavy (non-hydrogen) atoms. The van der Waals surface area contributed by atoms with E-state index in [-0.39, 0.29) is 37.1 Å². The lowest BCUT2D eigenvalue weighted by Crippen LogP contribution is -1.80. The molecule has 0 unspecified atom stereocenters. The Morgan fingerprint density at radius 1 is 0.857 bits per heavy atom. The van der Waals surface area contributed by atoms with Crippen LogP contribution < -0.4 is 0 Å². The summed E-state index contributed by atoms with van der Waals surface area (Å²) in [6.07, 6.45) is 2.00. The summed E-state index contributed by atoms with van der Waals surface area (Å²) >= 11 is 0. The molecular formula is C12H38O2.